The number of benzene rings is 4. The van der Waals surface area contributed by atoms with Gasteiger partial charge in [-0.1, -0.05) is 72.8 Å². The van der Waals surface area contributed by atoms with Gasteiger partial charge >= 0.3 is 0 Å². The highest BCUT2D eigenvalue weighted by atomic mass is 32.2. The first-order chi connectivity index (χ1) is 21.7. The molecule has 2 aliphatic rings. The van der Waals surface area contributed by atoms with Gasteiger partial charge < -0.3 is 15.0 Å². The SMILES string of the molecule is CN(C)C1CCN(Cc2ccc3c(c2)OCCC3NC(=O)C[C@H](NS(=O)(=O)c2ccc3ccccc3c2)c2ccccc2)CC1. The summed E-state index contributed by atoms with van der Waals surface area (Å²) in [5.41, 5.74) is 2.89. The molecule has 0 spiro atoms. The zero-order chi connectivity index (χ0) is 31.4. The Morgan fingerprint density at radius 2 is 1.64 bits per heavy atom. The number of ether oxygens (including phenoxy) is 1. The Hall–Kier alpha value is -3.76. The van der Waals surface area contributed by atoms with Crippen LogP contribution < -0.4 is 14.8 Å². The smallest absolute Gasteiger partial charge is 0.241 e. The number of carbonyl (C=O) groups is 1. The minimum Gasteiger partial charge on any atom is -0.493 e. The lowest BCUT2D eigenvalue weighted by Crippen LogP contribution is -2.41. The maximum Gasteiger partial charge on any atom is 0.241 e. The summed E-state index contributed by atoms with van der Waals surface area (Å²) in [6.07, 6.45) is 2.95. The first-order valence-electron chi connectivity index (χ1n) is 15.7. The summed E-state index contributed by atoms with van der Waals surface area (Å²) in [7, 11) is 0.404. The van der Waals surface area contributed by atoms with Gasteiger partial charge in [-0.05, 0) is 80.1 Å². The number of sulfonamides is 1. The molecule has 45 heavy (non-hydrogen) atoms. The van der Waals surface area contributed by atoms with Crippen LogP contribution in [0.15, 0.2) is 95.9 Å². The Balaban J connectivity index is 1.13. The molecule has 2 N–H and O–H groups in total. The Morgan fingerprint density at radius 1 is 0.911 bits per heavy atom. The highest BCUT2D eigenvalue weighted by molar-refractivity contribution is 7.89. The molecule has 1 fully saturated rings. The molecule has 0 radical (unpaired) electrons. The van der Waals surface area contributed by atoms with Crippen LogP contribution in [0.1, 0.15) is 54.5 Å². The van der Waals surface area contributed by atoms with Crippen molar-refractivity contribution in [1.29, 1.82) is 0 Å². The first kappa shape index (κ1) is 31.2. The molecule has 8 nitrogen and oxygen atoms in total. The molecular weight excluding hydrogens is 584 g/mol. The average molecular weight is 627 g/mol. The van der Waals surface area contributed by atoms with Gasteiger partial charge in [0.1, 0.15) is 5.75 Å². The van der Waals surface area contributed by atoms with Crippen molar-refractivity contribution in [3.05, 3.63) is 108 Å². The molecule has 0 aromatic heterocycles. The van der Waals surface area contributed by atoms with Crippen LogP contribution in [0.25, 0.3) is 10.8 Å². The Kier molecular flexibility index (Phi) is 9.51. The van der Waals surface area contributed by atoms with Gasteiger partial charge in [0.15, 0.2) is 0 Å². The Labute approximate surface area is 266 Å². The van der Waals surface area contributed by atoms with E-state index in [1.807, 2.05) is 54.6 Å². The highest BCUT2D eigenvalue weighted by Gasteiger charge is 2.28. The normalized spacial score (nSPS) is 18.3. The van der Waals surface area contributed by atoms with Crippen LogP contribution in [0.3, 0.4) is 0 Å². The number of amides is 1. The molecule has 1 amide bonds. The fraction of sp³-hybridized carbons (Fsp3) is 0.361. The number of hydrogen-bond acceptors (Lipinski definition) is 6. The largest absolute Gasteiger partial charge is 0.493 e. The van der Waals surface area contributed by atoms with Crippen LogP contribution in [-0.4, -0.2) is 64.0 Å². The average Bonchev–Trinajstić information content (AvgIpc) is 3.05. The summed E-state index contributed by atoms with van der Waals surface area (Å²) in [4.78, 5) is 18.5. The summed E-state index contributed by atoms with van der Waals surface area (Å²) < 4.78 is 36.0. The van der Waals surface area contributed by atoms with Crippen LogP contribution in [0.2, 0.25) is 0 Å². The molecule has 2 heterocycles. The molecule has 0 aliphatic carbocycles. The van der Waals surface area contributed by atoms with E-state index in [2.05, 4.69) is 52.1 Å². The number of nitrogens with zero attached hydrogens (tertiary/aromatic N) is 2. The third kappa shape index (κ3) is 7.56. The summed E-state index contributed by atoms with van der Waals surface area (Å²) in [6, 6.07) is 28.0. The maximum absolute atomic E-state index is 13.6. The highest BCUT2D eigenvalue weighted by Crippen LogP contribution is 2.34. The van der Waals surface area contributed by atoms with E-state index in [1.54, 1.807) is 18.2 Å². The van der Waals surface area contributed by atoms with Crippen molar-refractivity contribution >= 4 is 26.7 Å². The van der Waals surface area contributed by atoms with E-state index in [1.165, 1.54) is 18.4 Å². The second kappa shape index (κ2) is 13.7. The maximum atomic E-state index is 13.6. The minimum absolute atomic E-state index is 0.0372. The van der Waals surface area contributed by atoms with Crippen molar-refractivity contribution in [2.24, 2.45) is 0 Å². The van der Waals surface area contributed by atoms with E-state index in [-0.39, 0.29) is 23.3 Å². The standard InChI is InChI=1S/C36H42N4O4S/c1-39(2)30-16-19-40(20-17-30)25-26-12-15-32-33(18-21-44-35(32)22-26)37-36(41)24-34(28-9-4-3-5-10-28)38-45(42,43)31-14-13-27-8-6-7-11-29(27)23-31/h3-15,22-23,30,33-34,38H,16-21,24-25H2,1-2H3,(H,37,41)/t33?,34-/m0/s1. The van der Waals surface area contributed by atoms with Gasteiger partial charge in [0.25, 0.3) is 0 Å². The van der Waals surface area contributed by atoms with Gasteiger partial charge in [-0.15, -0.1) is 0 Å². The van der Waals surface area contributed by atoms with Crippen molar-refractivity contribution in [3.8, 4) is 5.75 Å². The zero-order valence-electron chi connectivity index (χ0n) is 26.0. The predicted molar refractivity (Wildman–Crippen MR) is 177 cm³/mol. The van der Waals surface area contributed by atoms with E-state index in [0.717, 1.165) is 47.3 Å². The first-order valence-corrected chi connectivity index (χ1v) is 17.2. The molecule has 0 bridgehead atoms. The molecule has 1 saturated heterocycles. The van der Waals surface area contributed by atoms with Crippen LogP contribution in [0, 0.1) is 0 Å². The molecule has 4 aromatic rings. The van der Waals surface area contributed by atoms with E-state index < -0.39 is 16.1 Å². The number of nitrogens with one attached hydrogen (secondary N) is 2. The predicted octanol–water partition coefficient (Wildman–Crippen LogP) is 5.42. The van der Waals surface area contributed by atoms with Crippen molar-refractivity contribution in [2.75, 3.05) is 33.8 Å². The van der Waals surface area contributed by atoms with Gasteiger partial charge in [-0.3, -0.25) is 9.69 Å². The lowest BCUT2D eigenvalue weighted by Gasteiger charge is -2.35. The van der Waals surface area contributed by atoms with Gasteiger partial charge in [0, 0.05) is 31.0 Å². The fourth-order valence-corrected chi connectivity index (χ4v) is 7.74. The third-order valence-electron chi connectivity index (χ3n) is 9.07. The second-order valence-corrected chi connectivity index (χ2v) is 14.1. The monoisotopic (exact) mass is 626 g/mol. The van der Waals surface area contributed by atoms with Crippen molar-refractivity contribution < 1.29 is 17.9 Å². The lowest BCUT2D eigenvalue weighted by molar-refractivity contribution is -0.122. The van der Waals surface area contributed by atoms with Gasteiger partial charge in [-0.2, -0.15) is 0 Å². The van der Waals surface area contributed by atoms with E-state index >= 15 is 0 Å². The number of carbonyl (C=O) groups excluding carboxylic acids is 1. The fourth-order valence-electron chi connectivity index (χ4n) is 6.48. The summed E-state index contributed by atoms with van der Waals surface area (Å²) in [6.45, 7) is 3.54. The molecule has 4 aromatic carbocycles. The third-order valence-corrected chi connectivity index (χ3v) is 10.5. The Morgan fingerprint density at radius 3 is 2.40 bits per heavy atom. The summed E-state index contributed by atoms with van der Waals surface area (Å²) >= 11 is 0. The quantitative estimate of drug-likeness (QED) is 0.245. The van der Waals surface area contributed by atoms with E-state index in [9.17, 15) is 13.2 Å². The van der Waals surface area contributed by atoms with Crippen molar-refractivity contribution in [2.45, 2.75) is 55.2 Å². The lowest BCUT2D eigenvalue weighted by atomic mass is 9.97. The van der Waals surface area contributed by atoms with Gasteiger partial charge in [0.05, 0.1) is 23.6 Å². The molecular formula is C36H42N4O4S. The minimum atomic E-state index is -3.91. The summed E-state index contributed by atoms with van der Waals surface area (Å²) in [5, 5.41) is 4.97. The number of fused-ring (bicyclic) bond motifs is 2. The van der Waals surface area contributed by atoms with Crippen LogP contribution in [0.4, 0.5) is 0 Å². The van der Waals surface area contributed by atoms with E-state index in [0.29, 0.717) is 19.1 Å². The number of likely N-dealkylation sites (tertiary alicyclic amines) is 1. The topological polar surface area (TPSA) is 91.0 Å². The number of hydrogen-bond donors (Lipinski definition) is 2. The molecule has 2 atom stereocenters. The Bertz CT molecular complexity index is 1740. The molecule has 6 rings (SSSR count). The summed E-state index contributed by atoms with van der Waals surface area (Å²) in [5.74, 6) is 0.583. The number of piperidine rings is 1. The van der Waals surface area contributed by atoms with E-state index in [4.69, 9.17) is 4.74 Å². The van der Waals surface area contributed by atoms with Crippen molar-refractivity contribution in [3.63, 3.8) is 0 Å². The molecule has 0 saturated carbocycles. The molecule has 1 unspecified atom stereocenters. The van der Waals surface area contributed by atoms with Crippen LogP contribution in [-0.2, 0) is 21.4 Å². The van der Waals surface area contributed by atoms with Crippen molar-refractivity contribution in [1.82, 2.24) is 19.8 Å². The molecule has 2 aliphatic heterocycles. The second-order valence-electron chi connectivity index (χ2n) is 12.4. The van der Waals surface area contributed by atoms with Gasteiger partial charge in [0.2, 0.25) is 15.9 Å². The molecule has 236 valence electrons. The molecule has 9 heteroatoms. The van der Waals surface area contributed by atoms with Gasteiger partial charge in [-0.25, -0.2) is 13.1 Å². The zero-order valence-corrected chi connectivity index (χ0v) is 26.8. The van der Waals surface area contributed by atoms with Crippen LogP contribution in [0.5, 0.6) is 5.75 Å². The van der Waals surface area contributed by atoms with Crippen LogP contribution >= 0.6 is 0 Å². The number of rotatable bonds is 10.